The van der Waals surface area contributed by atoms with E-state index in [4.69, 9.17) is 4.74 Å². The molecule has 20 heavy (non-hydrogen) atoms. The molecule has 0 spiro atoms. The summed E-state index contributed by atoms with van der Waals surface area (Å²) in [7, 11) is 0. The van der Waals surface area contributed by atoms with E-state index in [0.29, 0.717) is 5.75 Å². The van der Waals surface area contributed by atoms with E-state index in [1.54, 1.807) is 12.1 Å². The molecule has 0 bridgehead atoms. The van der Waals surface area contributed by atoms with Crippen molar-refractivity contribution >= 4 is 11.8 Å². The van der Waals surface area contributed by atoms with Gasteiger partial charge in [-0.05, 0) is 42.8 Å². The van der Waals surface area contributed by atoms with Crippen molar-refractivity contribution < 1.29 is 14.9 Å². The van der Waals surface area contributed by atoms with Crippen molar-refractivity contribution in [3.63, 3.8) is 0 Å². The van der Waals surface area contributed by atoms with Crippen LogP contribution < -0.4 is 4.74 Å². The topological polar surface area (TPSA) is 49.7 Å². The van der Waals surface area contributed by atoms with Gasteiger partial charge in [0, 0.05) is 10.6 Å². The highest BCUT2D eigenvalue weighted by molar-refractivity contribution is 7.99. The van der Waals surface area contributed by atoms with Gasteiger partial charge in [0.05, 0.1) is 6.10 Å². The molecular formula is C16H18O3S. The van der Waals surface area contributed by atoms with Gasteiger partial charge in [0.2, 0.25) is 0 Å². The number of aliphatic hydroxyl groups is 1. The molecule has 4 heteroatoms. The van der Waals surface area contributed by atoms with Crippen LogP contribution in [0.1, 0.15) is 5.56 Å². The molecule has 0 aliphatic heterocycles. The van der Waals surface area contributed by atoms with Crippen LogP contribution in [-0.4, -0.2) is 28.7 Å². The van der Waals surface area contributed by atoms with Crippen LogP contribution in [0.3, 0.4) is 0 Å². The molecule has 1 unspecified atom stereocenters. The average Bonchev–Trinajstić information content (AvgIpc) is 2.46. The minimum absolute atomic E-state index is 0.248. The molecule has 0 heterocycles. The second-order valence-corrected chi connectivity index (χ2v) is 5.63. The first-order valence-corrected chi connectivity index (χ1v) is 7.42. The summed E-state index contributed by atoms with van der Waals surface area (Å²) < 4.78 is 5.60. The number of hydrogen-bond donors (Lipinski definition) is 2. The molecule has 0 fully saturated rings. The number of para-hydroxylation sites is 1. The zero-order valence-corrected chi connectivity index (χ0v) is 12.1. The standard InChI is InChI=1S/C16H18O3S/c1-12-4-2-3-5-16(12)19-10-14(18)11-20-15-8-6-13(17)7-9-15/h2-9,14,17-18H,10-11H2,1H3. The third-order valence-corrected chi connectivity index (χ3v) is 3.96. The maximum atomic E-state index is 9.92. The minimum Gasteiger partial charge on any atom is -0.508 e. The fourth-order valence-electron chi connectivity index (χ4n) is 1.69. The van der Waals surface area contributed by atoms with Crippen LogP contribution >= 0.6 is 11.8 Å². The largest absolute Gasteiger partial charge is 0.508 e. The van der Waals surface area contributed by atoms with Gasteiger partial charge in [0.25, 0.3) is 0 Å². The van der Waals surface area contributed by atoms with Crippen LogP contribution in [0.2, 0.25) is 0 Å². The number of phenols is 1. The highest BCUT2D eigenvalue weighted by atomic mass is 32.2. The molecule has 0 aliphatic rings. The van der Waals surface area contributed by atoms with E-state index in [9.17, 15) is 10.2 Å². The Hall–Kier alpha value is -1.65. The van der Waals surface area contributed by atoms with Crippen LogP contribution in [0, 0.1) is 6.92 Å². The number of aliphatic hydroxyl groups excluding tert-OH is 1. The lowest BCUT2D eigenvalue weighted by atomic mass is 10.2. The molecule has 2 rings (SSSR count). The zero-order chi connectivity index (χ0) is 14.4. The Bertz CT molecular complexity index is 540. The molecule has 0 saturated carbocycles. The molecule has 0 radical (unpaired) electrons. The predicted octanol–water partition coefficient (Wildman–Crippen LogP) is 3.23. The van der Waals surface area contributed by atoms with E-state index < -0.39 is 6.10 Å². The molecular weight excluding hydrogens is 272 g/mol. The third kappa shape index (κ3) is 4.47. The number of aromatic hydroxyl groups is 1. The zero-order valence-electron chi connectivity index (χ0n) is 11.3. The summed E-state index contributed by atoms with van der Waals surface area (Å²) >= 11 is 1.54. The van der Waals surface area contributed by atoms with E-state index in [-0.39, 0.29) is 12.4 Å². The van der Waals surface area contributed by atoms with Gasteiger partial charge < -0.3 is 14.9 Å². The van der Waals surface area contributed by atoms with Crippen molar-refractivity contribution in [2.75, 3.05) is 12.4 Å². The maximum absolute atomic E-state index is 9.92. The fraction of sp³-hybridized carbons (Fsp3) is 0.250. The second kappa shape index (κ2) is 7.22. The Balaban J connectivity index is 1.77. The van der Waals surface area contributed by atoms with Gasteiger partial charge in [-0.1, -0.05) is 18.2 Å². The number of hydrogen-bond acceptors (Lipinski definition) is 4. The van der Waals surface area contributed by atoms with E-state index in [2.05, 4.69) is 0 Å². The lowest BCUT2D eigenvalue weighted by Gasteiger charge is -2.13. The van der Waals surface area contributed by atoms with Gasteiger partial charge in [-0.15, -0.1) is 11.8 Å². The Morgan fingerprint density at radius 3 is 2.50 bits per heavy atom. The molecule has 2 N–H and O–H groups in total. The average molecular weight is 290 g/mol. The monoisotopic (exact) mass is 290 g/mol. The Morgan fingerprint density at radius 1 is 1.10 bits per heavy atom. The molecule has 0 aromatic heterocycles. The van der Waals surface area contributed by atoms with Crippen LogP contribution in [-0.2, 0) is 0 Å². The minimum atomic E-state index is -0.534. The van der Waals surface area contributed by atoms with E-state index in [0.717, 1.165) is 16.2 Å². The molecule has 2 aromatic rings. The molecule has 106 valence electrons. The Kier molecular flexibility index (Phi) is 5.32. The van der Waals surface area contributed by atoms with Crippen molar-refractivity contribution in [2.24, 2.45) is 0 Å². The number of rotatable bonds is 6. The smallest absolute Gasteiger partial charge is 0.122 e. The molecule has 0 saturated heterocycles. The summed E-state index contributed by atoms with van der Waals surface area (Å²) in [5.41, 5.74) is 1.06. The summed E-state index contributed by atoms with van der Waals surface area (Å²) in [6.07, 6.45) is -0.534. The third-order valence-electron chi connectivity index (χ3n) is 2.80. The first-order chi connectivity index (χ1) is 9.65. The number of thioether (sulfide) groups is 1. The van der Waals surface area contributed by atoms with Gasteiger partial charge in [-0.25, -0.2) is 0 Å². The van der Waals surface area contributed by atoms with Crippen molar-refractivity contribution in [1.82, 2.24) is 0 Å². The molecule has 1 atom stereocenters. The highest BCUT2D eigenvalue weighted by Gasteiger charge is 2.07. The Labute approximate surface area is 123 Å². The highest BCUT2D eigenvalue weighted by Crippen LogP contribution is 2.22. The number of benzene rings is 2. The first-order valence-electron chi connectivity index (χ1n) is 6.43. The number of aryl methyl sites for hydroxylation is 1. The van der Waals surface area contributed by atoms with Crippen LogP contribution in [0.5, 0.6) is 11.5 Å². The van der Waals surface area contributed by atoms with Crippen molar-refractivity contribution in [2.45, 2.75) is 17.9 Å². The van der Waals surface area contributed by atoms with Crippen LogP contribution in [0.15, 0.2) is 53.4 Å². The number of phenolic OH excluding ortho intramolecular Hbond substituents is 1. The fourth-order valence-corrected chi connectivity index (χ4v) is 2.50. The molecule has 0 aliphatic carbocycles. The van der Waals surface area contributed by atoms with E-state index >= 15 is 0 Å². The van der Waals surface area contributed by atoms with E-state index in [1.165, 1.54) is 11.8 Å². The summed E-state index contributed by atoms with van der Waals surface area (Å²) in [6.45, 7) is 2.25. The lowest BCUT2D eigenvalue weighted by molar-refractivity contribution is 0.126. The first kappa shape index (κ1) is 14.8. The van der Waals surface area contributed by atoms with Gasteiger partial charge in [0.1, 0.15) is 18.1 Å². The maximum Gasteiger partial charge on any atom is 0.122 e. The summed E-state index contributed by atoms with van der Waals surface area (Å²) in [5.74, 6) is 1.61. The van der Waals surface area contributed by atoms with E-state index in [1.807, 2.05) is 43.3 Å². The van der Waals surface area contributed by atoms with Crippen LogP contribution in [0.25, 0.3) is 0 Å². The van der Waals surface area contributed by atoms with Crippen LogP contribution in [0.4, 0.5) is 0 Å². The molecule has 2 aromatic carbocycles. The SMILES string of the molecule is Cc1ccccc1OCC(O)CSc1ccc(O)cc1. The van der Waals surface area contributed by atoms with Crippen molar-refractivity contribution in [3.8, 4) is 11.5 Å². The number of ether oxygens (including phenoxy) is 1. The lowest BCUT2D eigenvalue weighted by Crippen LogP contribution is -2.20. The van der Waals surface area contributed by atoms with Gasteiger partial charge >= 0.3 is 0 Å². The second-order valence-electron chi connectivity index (χ2n) is 4.54. The summed E-state index contributed by atoms with van der Waals surface area (Å²) in [5, 5.41) is 19.1. The molecule has 0 amide bonds. The Morgan fingerprint density at radius 2 is 1.80 bits per heavy atom. The summed E-state index contributed by atoms with van der Waals surface area (Å²) in [4.78, 5) is 1.01. The summed E-state index contributed by atoms with van der Waals surface area (Å²) in [6, 6.07) is 14.7. The van der Waals surface area contributed by atoms with Gasteiger partial charge in [-0.2, -0.15) is 0 Å². The molecule has 3 nitrogen and oxygen atoms in total. The van der Waals surface area contributed by atoms with Gasteiger partial charge in [0.15, 0.2) is 0 Å². The quantitative estimate of drug-likeness (QED) is 0.802. The van der Waals surface area contributed by atoms with Crippen molar-refractivity contribution in [1.29, 1.82) is 0 Å². The predicted molar refractivity (Wildman–Crippen MR) is 81.5 cm³/mol. The normalized spacial score (nSPS) is 12.1. The van der Waals surface area contributed by atoms with Crippen molar-refractivity contribution in [3.05, 3.63) is 54.1 Å². The van der Waals surface area contributed by atoms with Gasteiger partial charge in [-0.3, -0.25) is 0 Å².